The zero-order chi connectivity index (χ0) is 21.0. The number of hydrogen-bond acceptors (Lipinski definition) is 7. The molecule has 0 radical (unpaired) electrons. The third kappa shape index (κ3) is 4.69. The Balaban J connectivity index is 1.65. The second-order valence-electron chi connectivity index (χ2n) is 7.26. The normalized spacial score (nSPS) is 18.0. The summed E-state index contributed by atoms with van der Waals surface area (Å²) in [6.07, 6.45) is 0.820. The lowest BCUT2D eigenvalue weighted by molar-refractivity contribution is -0.135. The summed E-state index contributed by atoms with van der Waals surface area (Å²) in [5.41, 5.74) is 0.372. The number of methoxy groups -OCH3 is 1. The van der Waals surface area contributed by atoms with Crippen LogP contribution >= 0.6 is 0 Å². The highest BCUT2D eigenvalue weighted by Crippen LogP contribution is 2.31. The molecule has 1 aliphatic heterocycles. The molecule has 0 saturated carbocycles. The van der Waals surface area contributed by atoms with E-state index in [-0.39, 0.29) is 17.3 Å². The Morgan fingerprint density at radius 2 is 1.93 bits per heavy atom. The summed E-state index contributed by atoms with van der Waals surface area (Å²) >= 11 is 0. The second-order valence-corrected chi connectivity index (χ2v) is 7.26. The first-order valence-corrected chi connectivity index (χ1v) is 9.74. The van der Waals surface area contributed by atoms with Crippen LogP contribution in [0.15, 0.2) is 39.9 Å². The monoisotopic (exact) mass is 403 g/mol. The van der Waals surface area contributed by atoms with Crippen molar-refractivity contribution in [3.05, 3.63) is 56.7 Å². The maximum absolute atomic E-state index is 12.0. The fraction of sp³-hybridized carbons (Fsp3) is 0.500. The number of aromatic nitrogens is 2. The van der Waals surface area contributed by atoms with Crippen LogP contribution in [-0.4, -0.2) is 64.1 Å². The number of ether oxygens (including phenoxy) is 1. The van der Waals surface area contributed by atoms with Crippen LogP contribution in [0.3, 0.4) is 0 Å². The van der Waals surface area contributed by atoms with Crippen molar-refractivity contribution in [1.82, 2.24) is 19.1 Å². The molecule has 2 aromatic rings. The lowest BCUT2D eigenvalue weighted by atomic mass is 10.0. The van der Waals surface area contributed by atoms with Crippen molar-refractivity contribution in [3.63, 3.8) is 0 Å². The zero-order valence-corrected chi connectivity index (χ0v) is 17.2. The molecule has 9 heteroatoms. The van der Waals surface area contributed by atoms with Gasteiger partial charge in [-0.25, -0.2) is 4.79 Å². The van der Waals surface area contributed by atoms with Gasteiger partial charge in [0.25, 0.3) is 5.56 Å². The summed E-state index contributed by atoms with van der Waals surface area (Å²) in [6, 6.07) is 9.34. The minimum Gasteiger partial charge on any atom is -0.496 e. The van der Waals surface area contributed by atoms with Crippen molar-refractivity contribution in [2.45, 2.75) is 12.5 Å². The van der Waals surface area contributed by atoms with E-state index in [1.807, 2.05) is 24.3 Å². The number of hydrogen-bond donors (Lipinski definition) is 2. The fourth-order valence-corrected chi connectivity index (χ4v) is 3.71. The van der Waals surface area contributed by atoms with Crippen molar-refractivity contribution in [2.24, 2.45) is 14.1 Å². The number of anilines is 1. The van der Waals surface area contributed by atoms with E-state index >= 15 is 0 Å². The van der Waals surface area contributed by atoms with Gasteiger partial charge in [-0.1, -0.05) is 18.2 Å². The number of para-hydroxylation sites is 1. The molecule has 1 aromatic heterocycles. The lowest BCUT2D eigenvalue weighted by Gasteiger charge is -2.39. The first kappa shape index (κ1) is 21.1. The van der Waals surface area contributed by atoms with Crippen LogP contribution in [0.1, 0.15) is 18.0 Å². The summed E-state index contributed by atoms with van der Waals surface area (Å²) in [5.74, 6) is 1.32. The molecule has 2 N–H and O–H groups in total. The van der Waals surface area contributed by atoms with E-state index in [0.717, 1.165) is 35.4 Å². The molecule has 9 nitrogen and oxygen atoms in total. The van der Waals surface area contributed by atoms with Gasteiger partial charge < -0.3 is 15.3 Å². The highest BCUT2D eigenvalue weighted by Gasteiger charge is 2.29. The third-order valence-corrected chi connectivity index (χ3v) is 5.42. The van der Waals surface area contributed by atoms with Crippen molar-refractivity contribution in [3.8, 4) is 5.75 Å². The van der Waals surface area contributed by atoms with Gasteiger partial charge in [0.2, 0.25) is 0 Å². The van der Waals surface area contributed by atoms with E-state index in [0.29, 0.717) is 25.5 Å². The number of nitrogens with one attached hydrogen (secondary N) is 1. The predicted molar refractivity (Wildman–Crippen MR) is 111 cm³/mol. The smallest absolute Gasteiger partial charge is 0.332 e. The van der Waals surface area contributed by atoms with E-state index in [1.165, 1.54) is 22.7 Å². The number of hydroxylamine groups is 2. The van der Waals surface area contributed by atoms with Crippen LogP contribution in [0.5, 0.6) is 5.75 Å². The molecular formula is C20H29N5O4. The van der Waals surface area contributed by atoms with Gasteiger partial charge in [0.15, 0.2) is 0 Å². The first-order valence-electron chi connectivity index (χ1n) is 9.74. The minimum atomic E-state index is -0.352. The maximum Gasteiger partial charge on any atom is 0.332 e. The highest BCUT2D eigenvalue weighted by molar-refractivity contribution is 5.36. The number of rotatable bonds is 7. The Morgan fingerprint density at radius 1 is 1.17 bits per heavy atom. The summed E-state index contributed by atoms with van der Waals surface area (Å²) in [7, 11) is 4.76. The van der Waals surface area contributed by atoms with Crippen LogP contribution in [0.25, 0.3) is 0 Å². The molecule has 0 amide bonds. The van der Waals surface area contributed by atoms with E-state index in [2.05, 4.69) is 10.2 Å². The molecule has 1 unspecified atom stereocenters. The maximum atomic E-state index is 12.0. The Hall–Kier alpha value is -2.62. The molecule has 0 spiro atoms. The summed E-state index contributed by atoms with van der Waals surface area (Å²) < 4.78 is 8.02. The molecule has 3 rings (SSSR count). The van der Waals surface area contributed by atoms with Crippen LogP contribution in [0, 0.1) is 0 Å². The molecule has 0 bridgehead atoms. The predicted octanol–water partition coefficient (Wildman–Crippen LogP) is 0.643. The van der Waals surface area contributed by atoms with Crippen molar-refractivity contribution < 1.29 is 9.94 Å². The van der Waals surface area contributed by atoms with Gasteiger partial charge >= 0.3 is 5.69 Å². The van der Waals surface area contributed by atoms with E-state index in [1.54, 1.807) is 14.2 Å². The average Bonchev–Trinajstić information content (AvgIpc) is 2.73. The molecule has 1 aliphatic rings. The topological polar surface area (TPSA) is 92.0 Å². The Bertz CT molecular complexity index is 955. The highest BCUT2D eigenvalue weighted by atomic mass is 16.5. The Morgan fingerprint density at radius 3 is 2.69 bits per heavy atom. The van der Waals surface area contributed by atoms with Crippen molar-refractivity contribution in [1.29, 1.82) is 0 Å². The molecule has 1 atom stereocenters. The Labute approximate surface area is 169 Å². The molecule has 1 fully saturated rings. The molecule has 2 heterocycles. The molecular weight excluding hydrogens is 374 g/mol. The molecule has 158 valence electrons. The molecule has 0 aliphatic carbocycles. The van der Waals surface area contributed by atoms with Gasteiger partial charge in [-0.05, 0) is 12.5 Å². The van der Waals surface area contributed by atoms with Crippen LogP contribution in [0.2, 0.25) is 0 Å². The van der Waals surface area contributed by atoms with Gasteiger partial charge in [0.1, 0.15) is 11.6 Å². The van der Waals surface area contributed by atoms with E-state index in [9.17, 15) is 14.8 Å². The van der Waals surface area contributed by atoms with Gasteiger partial charge in [-0.3, -0.25) is 18.8 Å². The molecule has 1 saturated heterocycles. The number of benzene rings is 1. The van der Waals surface area contributed by atoms with Gasteiger partial charge in [-0.2, -0.15) is 5.06 Å². The van der Waals surface area contributed by atoms with E-state index < -0.39 is 0 Å². The Kier molecular flexibility index (Phi) is 6.73. The van der Waals surface area contributed by atoms with Crippen LogP contribution in [-0.2, 0) is 14.1 Å². The van der Waals surface area contributed by atoms with Crippen LogP contribution in [0.4, 0.5) is 5.82 Å². The zero-order valence-electron chi connectivity index (χ0n) is 17.2. The number of piperazine rings is 1. The molecule has 29 heavy (non-hydrogen) atoms. The molecule has 1 aromatic carbocycles. The summed E-state index contributed by atoms with van der Waals surface area (Å²) in [5, 5.41) is 14.6. The van der Waals surface area contributed by atoms with Crippen molar-refractivity contribution in [2.75, 3.05) is 45.2 Å². The first-order chi connectivity index (χ1) is 13.9. The second kappa shape index (κ2) is 9.25. The minimum absolute atomic E-state index is 0.0262. The summed E-state index contributed by atoms with van der Waals surface area (Å²) in [6.45, 7) is 3.27. The third-order valence-electron chi connectivity index (χ3n) is 5.42. The van der Waals surface area contributed by atoms with Gasteiger partial charge in [-0.15, -0.1) is 0 Å². The van der Waals surface area contributed by atoms with Crippen LogP contribution < -0.4 is 21.3 Å². The SMILES string of the molecule is COc1ccccc1C1CN(O)CCN1CCCNc1cc(=O)n(C)c(=O)n1C. The van der Waals surface area contributed by atoms with E-state index in [4.69, 9.17) is 4.74 Å². The quantitative estimate of drug-likeness (QED) is 0.656. The van der Waals surface area contributed by atoms with Gasteiger partial charge in [0.05, 0.1) is 13.2 Å². The lowest BCUT2D eigenvalue weighted by Crippen LogP contribution is -2.47. The van der Waals surface area contributed by atoms with Crippen molar-refractivity contribution >= 4 is 5.82 Å². The number of nitrogens with zero attached hydrogens (tertiary/aromatic N) is 4. The van der Waals surface area contributed by atoms with Gasteiger partial charge in [0, 0.05) is 58.4 Å². The fourth-order valence-electron chi connectivity index (χ4n) is 3.71. The summed E-state index contributed by atoms with van der Waals surface area (Å²) in [4.78, 5) is 26.2. The average molecular weight is 403 g/mol. The largest absolute Gasteiger partial charge is 0.496 e. The standard InChI is InChI=1S/C20H29N5O4/c1-22-18(13-19(26)23(2)20(22)27)21-9-6-10-24-11-12-25(28)14-16(24)15-7-4-5-8-17(15)29-3/h4-5,7-8,13,16,21,28H,6,9-12,14H2,1-3H3.